The lowest BCUT2D eigenvalue weighted by Crippen LogP contribution is -2.43. The predicted octanol–water partition coefficient (Wildman–Crippen LogP) is 6.08. The molecule has 1 saturated carbocycles. The molecule has 1 aromatic heterocycles. The first-order valence-corrected chi connectivity index (χ1v) is 15.1. The van der Waals surface area contributed by atoms with Gasteiger partial charge in [0.05, 0.1) is 18.3 Å². The van der Waals surface area contributed by atoms with E-state index < -0.39 is 67.9 Å². The molecule has 0 saturated heterocycles. The van der Waals surface area contributed by atoms with Crippen LogP contribution >= 0.6 is 0 Å². The second-order valence-electron chi connectivity index (χ2n) is 10.3. The quantitative estimate of drug-likeness (QED) is 0.198. The van der Waals surface area contributed by atoms with Crippen molar-refractivity contribution in [2.75, 3.05) is 11.9 Å². The highest BCUT2D eigenvalue weighted by Crippen LogP contribution is 2.50. The molecule has 0 radical (unpaired) electrons. The molecule has 2 amide bonds. The van der Waals surface area contributed by atoms with Gasteiger partial charge in [0.1, 0.15) is 17.0 Å². The molecule has 9 nitrogen and oxygen atoms in total. The number of nitriles is 1. The largest absolute Gasteiger partial charge is 0.504 e. The number of anilines is 1. The summed E-state index contributed by atoms with van der Waals surface area (Å²) in [5.74, 6) is -2.72. The third-order valence-electron chi connectivity index (χ3n) is 7.40. The van der Waals surface area contributed by atoms with Gasteiger partial charge in [-0.05, 0) is 55.1 Å². The number of amides is 2. The van der Waals surface area contributed by atoms with E-state index >= 15 is 0 Å². The fourth-order valence-electron chi connectivity index (χ4n) is 4.76. The van der Waals surface area contributed by atoms with Crippen molar-refractivity contribution in [2.24, 2.45) is 5.92 Å². The Kier molecular flexibility index (Phi) is 9.33. The number of urea groups is 1. The molecule has 0 spiro atoms. The molecule has 2 aliphatic carbocycles. The number of carbonyl (C=O) groups is 2. The molecule has 244 valence electrons. The Morgan fingerprint density at radius 1 is 1.17 bits per heavy atom. The maximum absolute atomic E-state index is 13.6. The summed E-state index contributed by atoms with van der Waals surface area (Å²) in [4.78, 5) is 29.4. The van der Waals surface area contributed by atoms with Crippen LogP contribution < -0.4 is 14.8 Å². The lowest BCUT2D eigenvalue weighted by atomic mass is 9.88. The summed E-state index contributed by atoms with van der Waals surface area (Å²) in [5, 5.41) is 16.2. The second-order valence-corrected chi connectivity index (χ2v) is 12.2. The summed E-state index contributed by atoms with van der Waals surface area (Å²) in [7, 11) is -5.36. The number of nitrogens with zero attached hydrogens (tertiary/aromatic N) is 2. The van der Waals surface area contributed by atoms with Gasteiger partial charge in [-0.25, -0.2) is 14.0 Å². The van der Waals surface area contributed by atoms with Crippen molar-refractivity contribution in [2.45, 2.75) is 49.8 Å². The number of carbonyl (C=O) groups excluding carboxylic acids is 2. The number of benzene rings is 1. The van der Waals surface area contributed by atoms with E-state index in [0.717, 1.165) is 6.08 Å². The Labute approximate surface area is 259 Å². The molecule has 2 N–H and O–H groups in total. The maximum Gasteiger partial charge on any atom is 0.504 e. The van der Waals surface area contributed by atoms with E-state index in [0.29, 0.717) is 0 Å². The summed E-state index contributed by atoms with van der Waals surface area (Å²) < 4.78 is 103. The summed E-state index contributed by atoms with van der Waals surface area (Å²) >= 11 is 0. The number of hydrogen-bond donors (Lipinski definition) is 2. The summed E-state index contributed by atoms with van der Waals surface area (Å²) in [5.41, 5.74) is -7.86. The van der Waals surface area contributed by atoms with Crippen molar-refractivity contribution in [3.63, 3.8) is 0 Å². The van der Waals surface area contributed by atoms with E-state index in [1.54, 1.807) is 13.0 Å². The van der Waals surface area contributed by atoms with Crippen LogP contribution in [0, 0.1) is 17.2 Å². The number of halogens is 6. The lowest BCUT2D eigenvalue weighted by Gasteiger charge is -2.28. The van der Waals surface area contributed by atoms with Crippen LogP contribution in [0.15, 0.2) is 60.7 Å². The lowest BCUT2D eigenvalue weighted by molar-refractivity contribution is -0.146. The van der Waals surface area contributed by atoms with Crippen molar-refractivity contribution < 1.29 is 49.1 Å². The molecule has 46 heavy (non-hydrogen) atoms. The third-order valence-corrected chi connectivity index (χ3v) is 8.78. The molecule has 3 unspecified atom stereocenters. The van der Waals surface area contributed by atoms with Crippen LogP contribution in [0.5, 0.6) is 5.88 Å². The molecular weight excluding hydrogens is 642 g/mol. The van der Waals surface area contributed by atoms with Gasteiger partial charge in [0.25, 0.3) is 9.80 Å². The summed E-state index contributed by atoms with van der Waals surface area (Å²) in [6, 6.07) is 6.77. The normalized spacial score (nSPS) is 19.8. The molecule has 16 heteroatoms. The summed E-state index contributed by atoms with van der Waals surface area (Å²) in [6.07, 6.45) is -0.553. The van der Waals surface area contributed by atoms with E-state index in [-0.39, 0.29) is 42.0 Å². The highest BCUT2D eigenvalue weighted by Gasteiger charge is 2.55. The average molecular weight is 669 g/mol. The number of rotatable bonds is 8. The van der Waals surface area contributed by atoms with Gasteiger partial charge >= 0.3 is 23.7 Å². The van der Waals surface area contributed by atoms with Gasteiger partial charge in [0.2, 0.25) is 5.88 Å². The van der Waals surface area contributed by atoms with Gasteiger partial charge in [0.15, 0.2) is 0 Å². The van der Waals surface area contributed by atoms with Crippen LogP contribution in [0.3, 0.4) is 0 Å². The van der Waals surface area contributed by atoms with Gasteiger partial charge < -0.3 is 19.6 Å². The first-order chi connectivity index (χ1) is 21.5. The smallest absolute Gasteiger partial charge is 0.465 e. The summed E-state index contributed by atoms with van der Waals surface area (Å²) in [6.45, 7) is 5.73. The van der Waals surface area contributed by atoms with E-state index in [2.05, 4.69) is 22.2 Å². The number of alkyl halides is 6. The van der Waals surface area contributed by atoms with Crippen molar-refractivity contribution in [3.8, 4) is 23.1 Å². The Balaban J connectivity index is 1.67. The molecule has 1 heterocycles. The zero-order valence-electron chi connectivity index (χ0n) is 24.2. The first kappa shape index (κ1) is 34.1. The van der Waals surface area contributed by atoms with E-state index in [9.17, 15) is 45.4 Å². The van der Waals surface area contributed by atoms with Crippen LogP contribution in [-0.2, 0) is 24.7 Å². The molecule has 0 aliphatic heterocycles. The molecule has 2 aliphatic rings. The van der Waals surface area contributed by atoms with Gasteiger partial charge in [0, 0.05) is 22.7 Å². The number of nitrogens with one attached hydrogen (secondary N) is 2. The topological polar surface area (TPSA) is 130 Å². The van der Waals surface area contributed by atoms with Crippen LogP contribution in [0.4, 0.5) is 36.8 Å². The van der Waals surface area contributed by atoms with Crippen LogP contribution in [0.2, 0.25) is 0 Å². The van der Waals surface area contributed by atoms with Crippen molar-refractivity contribution in [1.82, 2.24) is 10.3 Å². The van der Waals surface area contributed by atoms with Gasteiger partial charge in [-0.3, -0.25) is 4.79 Å². The minimum Gasteiger partial charge on any atom is -0.465 e. The van der Waals surface area contributed by atoms with Crippen LogP contribution in [0.1, 0.15) is 37.9 Å². The van der Waals surface area contributed by atoms with Gasteiger partial charge in [-0.1, -0.05) is 37.3 Å². The second kappa shape index (κ2) is 12.6. The zero-order chi connectivity index (χ0) is 34.1. The minimum atomic E-state index is -5.46. The third kappa shape index (κ3) is 6.75. The Morgan fingerprint density at radius 2 is 1.83 bits per heavy atom. The Bertz CT molecular complexity index is 1790. The van der Waals surface area contributed by atoms with Crippen molar-refractivity contribution in [1.29, 1.82) is 5.26 Å². The molecule has 1 fully saturated rings. The molecule has 2 aromatic rings. The minimum absolute atomic E-state index is 0.0125. The monoisotopic (exact) mass is 668 g/mol. The Hall–Kier alpha value is -4.74. The number of allylic oxidation sites excluding steroid dienone is 2. The number of pyridine rings is 1. The molecule has 4 rings (SSSR count). The van der Waals surface area contributed by atoms with E-state index in [1.165, 1.54) is 54.4 Å². The fourth-order valence-corrected chi connectivity index (χ4v) is 5.42. The van der Waals surface area contributed by atoms with Gasteiger partial charge in [-0.15, -0.1) is 0 Å². The number of esters is 1. The molecule has 0 bridgehead atoms. The highest BCUT2D eigenvalue weighted by atomic mass is 32.2. The van der Waals surface area contributed by atoms with Crippen molar-refractivity contribution >= 4 is 32.5 Å². The molecule has 3 atom stereocenters. The fraction of sp³-hybridized carbons (Fsp3) is 0.333. The van der Waals surface area contributed by atoms with Gasteiger partial charge in [-0.2, -0.15) is 31.6 Å². The number of aromatic nitrogens is 1. The average Bonchev–Trinajstić information content (AvgIpc) is 3.79. The Morgan fingerprint density at radius 3 is 2.35 bits per heavy atom. The highest BCUT2D eigenvalue weighted by molar-refractivity contribution is 7.97. The zero-order valence-corrected chi connectivity index (χ0v) is 25.0. The van der Waals surface area contributed by atoms with E-state index in [4.69, 9.17) is 8.92 Å². The maximum atomic E-state index is 13.6. The SMILES string of the molecule is C=C=S(=O)(Oc1nc(C2(C(=O)OCC)CC2)cc(-c2ccc(NC(=O)NC3C=CC=C(C(F)(F)F)C3C)cc2)c1C#N)C(F)(F)F. The standard InChI is InChI=1S/C30H26F6N4O5S/c1-4-44-26(41)28(13-14-28)24-15-20(21(16-37)25(40-24)45-46(43,5-2)30(34,35)36)18-9-11-19(12-10-18)38-27(42)39-23-8-6-7-22(17(23)3)29(31,32)33/h6-12,15,17,23H,2,4,13-14H2,1,3H3,(H2,38,39,42). The van der Waals surface area contributed by atoms with E-state index in [1.807, 2.05) is 0 Å². The molecular formula is C30H26F6N4O5S. The number of hydrogen-bond acceptors (Lipinski definition) is 7. The number of ether oxygens (including phenoxy) is 1. The first-order valence-electron chi connectivity index (χ1n) is 13.6. The van der Waals surface area contributed by atoms with Crippen LogP contribution in [-0.4, -0.2) is 50.5 Å². The van der Waals surface area contributed by atoms with Crippen molar-refractivity contribution in [3.05, 3.63) is 72.0 Å². The van der Waals surface area contributed by atoms with Crippen LogP contribution in [0.25, 0.3) is 11.1 Å². The molecule has 1 aromatic carbocycles. The predicted molar refractivity (Wildman–Crippen MR) is 156 cm³/mol.